The molecule has 0 fully saturated rings. The fourth-order valence-electron chi connectivity index (χ4n) is 1.62. The number of nitrogens with one attached hydrogen (secondary N) is 1. The summed E-state index contributed by atoms with van der Waals surface area (Å²) < 4.78 is 21.4. The normalized spacial score (nSPS) is 11.7. The van der Waals surface area contributed by atoms with Gasteiger partial charge >= 0.3 is 0 Å². The zero-order chi connectivity index (χ0) is 12.9. The molecule has 0 aliphatic carbocycles. The molecular weight excluding hydrogens is 236 g/mol. The Morgan fingerprint density at radius 2 is 2.00 bits per heavy atom. The Morgan fingerprint density at radius 3 is 2.65 bits per heavy atom. The van der Waals surface area contributed by atoms with E-state index in [-0.39, 0.29) is 5.75 Å². The van der Waals surface area contributed by atoms with E-state index in [0.29, 0.717) is 13.0 Å². The van der Waals surface area contributed by atoms with Crippen LogP contribution in [-0.2, 0) is 16.6 Å². The maximum Gasteiger partial charge on any atom is 0.209 e. The summed E-state index contributed by atoms with van der Waals surface area (Å²) in [6.45, 7) is 5.60. The number of benzene rings is 1. The number of primary sulfonamides is 1. The summed E-state index contributed by atoms with van der Waals surface area (Å²) in [5, 5.41) is 8.14. The topological polar surface area (TPSA) is 72.2 Å². The first-order chi connectivity index (χ1) is 7.90. The second-order valence-corrected chi connectivity index (χ2v) is 5.99. The molecule has 5 heteroatoms. The van der Waals surface area contributed by atoms with E-state index in [0.717, 1.165) is 6.54 Å². The van der Waals surface area contributed by atoms with E-state index < -0.39 is 10.0 Å². The molecule has 0 amide bonds. The molecule has 0 aliphatic heterocycles. The molecule has 1 aromatic carbocycles. The van der Waals surface area contributed by atoms with Crippen LogP contribution in [0.3, 0.4) is 0 Å². The van der Waals surface area contributed by atoms with E-state index in [9.17, 15) is 8.42 Å². The lowest BCUT2D eigenvalue weighted by atomic mass is 10.0. The molecule has 0 aliphatic rings. The van der Waals surface area contributed by atoms with Crippen molar-refractivity contribution in [1.82, 2.24) is 5.32 Å². The lowest BCUT2D eigenvalue weighted by molar-refractivity contribution is 0.590. The van der Waals surface area contributed by atoms with Crippen LogP contribution in [0.4, 0.5) is 0 Å². The van der Waals surface area contributed by atoms with Gasteiger partial charge in [-0.3, -0.25) is 0 Å². The average molecular weight is 256 g/mol. The van der Waals surface area contributed by atoms with Gasteiger partial charge in [-0.15, -0.1) is 0 Å². The monoisotopic (exact) mass is 256 g/mol. The smallest absolute Gasteiger partial charge is 0.209 e. The molecule has 1 aromatic rings. The van der Waals surface area contributed by atoms with Crippen LogP contribution in [0.5, 0.6) is 0 Å². The Balaban J connectivity index is 2.34. The maximum atomic E-state index is 10.7. The van der Waals surface area contributed by atoms with E-state index >= 15 is 0 Å². The molecule has 0 bridgehead atoms. The molecule has 17 heavy (non-hydrogen) atoms. The van der Waals surface area contributed by atoms with Crippen molar-refractivity contribution in [3.8, 4) is 0 Å². The van der Waals surface area contributed by atoms with E-state index in [2.05, 4.69) is 31.3 Å². The summed E-state index contributed by atoms with van der Waals surface area (Å²) in [5.74, 6) is 0.0345. The molecule has 96 valence electrons. The van der Waals surface area contributed by atoms with Crippen molar-refractivity contribution in [2.24, 2.45) is 5.14 Å². The van der Waals surface area contributed by atoms with Gasteiger partial charge in [0.25, 0.3) is 0 Å². The minimum atomic E-state index is -3.32. The summed E-state index contributed by atoms with van der Waals surface area (Å²) in [6, 6.07) is 6.19. The van der Waals surface area contributed by atoms with Crippen LogP contribution in [0, 0.1) is 13.8 Å². The molecule has 0 saturated heterocycles. The number of hydrogen-bond donors (Lipinski definition) is 2. The van der Waals surface area contributed by atoms with Crippen molar-refractivity contribution < 1.29 is 8.42 Å². The summed E-state index contributed by atoms with van der Waals surface area (Å²) >= 11 is 0. The van der Waals surface area contributed by atoms with E-state index in [1.54, 1.807) is 0 Å². The lowest BCUT2D eigenvalue weighted by Gasteiger charge is -2.09. The summed E-state index contributed by atoms with van der Waals surface area (Å²) in [6.07, 6.45) is 0.545. The zero-order valence-corrected chi connectivity index (χ0v) is 11.2. The van der Waals surface area contributed by atoms with Crippen LogP contribution in [0.2, 0.25) is 0 Å². The summed E-state index contributed by atoms with van der Waals surface area (Å²) in [4.78, 5) is 0. The predicted molar refractivity (Wildman–Crippen MR) is 70.2 cm³/mol. The van der Waals surface area contributed by atoms with Crippen molar-refractivity contribution in [3.63, 3.8) is 0 Å². The van der Waals surface area contributed by atoms with Gasteiger partial charge in [0.2, 0.25) is 10.0 Å². The van der Waals surface area contributed by atoms with Crippen molar-refractivity contribution in [3.05, 3.63) is 34.9 Å². The third-order valence-corrected chi connectivity index (χ3v) is 3.67. The average Bonchev–Trinajstić information content (AvgIpc) is 2.22. The largest absolute Gasteiger partial charge is 0.313 e. The molecule has 1 rings (SSSR count). The van der Waals surface area contributed by atoms with Gasteiger partial charge in [0.05, 0.1) is 5.75 Å². The van der Waals surface area contributed by atoms with Crippen LogP contribution < -0.4 is 10.5 Å². The quantitative estimate of drug-likeness (QED) is 0.748. The van der Waals surface area contributed by atoms with Gasteiger partial charge in [0.1, 0.15) is 0 Å². The molecule has 0 spiro atoms. The summed E-state index contributed by atoms with van der Waals surface area (Å²) in [5.41, 5.74) is 3.81. The number of aryl methyl sites for hydroxylation is 1. The SMILES string of the molecule is Cc1cccc(CNCCCS(N)(=O)=O)c1C. The minimum absolute atomic E-state index is 0.0345. The molecule has 3 N–H and O–H groups in total. The van der Waals surface area contributed by atoms with Crippen molar-refractivity contribution in [2.75, 3.05) is 12.3 Å². The third-order valence-electron chi connectivity index (χ3n) is 2.81. The van der Waals surface area contributed by atoms with Crippen LogP contribution in [0.15, 0.2) is 18.2 Å². The van der Waals surface area contributed by atoms with Gasteiger partial charge in [-0.05, 0) is 43.5 Å². The third kappa shape index (κ3) is 5.30. The first-order valence-corrected chi connectivity index (χ1v) is 7.38. The van der Waals surface area contributed by atoms with Crippen molar-refractivity contribution >= 4 is 10.0 Å². The number of sulfonamides is 1. The minimum Gasteiger partial charge on any atom is -0.313 e. The van der Waals surface area contributed by atoms with Gasteiger partial charge < -0.3 is 5.32 Å². The first-order valence-electron chi connectivity index (χ1n) is 5.66. The zero-order valence-electron chi connectivity index (χ0n) is 10.4. The molecule has 0 unspecified atom stereocenters. The van der Waals surface area contributed by atoms with Gasteiger partial charge in [0, 0.05) is 6.54 Å². The Labute approximate surface area is 103 Å². The molecule has 0 aromatic heterocycles. The maximum absolute atomic E-state index is 10.7. The van der Waals surface area contributed by atoms with Crippen molar-refractivity contribution in [1.29, 1.82) is 0 Å². The van der Waals surface area contributed by atoms with Gasteiger partial charge in [-0.2, -0.15) is 0 Å². The van der Waals surface area contributed by atoms with Gasteiger partial charge in [-0.1, -0.05) is 18.2 Å². The second kappa shape index (κ2) is 6.14. The van der Waals surface area contributed by atoms with E-state index in [4.69, 9.17) is 5.14 Å². The highest BCUT2D eigenvalue weighted by atomic mass is 32.2. The van der Waals surface area contributed by atoms with Crippen molar-refractivity contribution in [2.45, 2.75) is 26.8 Å². The second-order valence-electron chi connectivity index (χ2n) is 4.26. The van der Waals surface area contributed by atoms with Crippen LogP contribution >= 0.6 is 0 Å². The summed E-state index contributed by atoms with van der Waals surface area (Å²) in [7, 11) is -3.32. The Morgan fingerprint density at radius 1 is 1.29 bits per heavy atom. The first kappa shape index (κ1) is 14.2. The predicted octanol–water partition coefficient (Wildman–Crippen LogP) is 1.07. The standard InChI is InChI=1S/C12H20N2O2S/c1-10-5-3-6-12(11(10)2)9-14-7-4-8-17(13,15)16/h3,5-6,14H,4,7-9H2,1-2H3,(H2,13,15,16). The Hall–Kier alpha value is -0.910. The van der Waals surface area contributed by atoms with E-state index in [1.165, 1.54) is 16.7 Å². The number of nitrogens with two attached hydrogens (primary N) is 1. The number of hydrogen-bond acceptors (Lipinski definition) is 3. The highest BCUT2D eigenvalue weighted by Crippen LogP contribution is 2.11. The van der Waals surface area contributed by atoms with Gasteiger partial charge in [-0.25, -0.2) is 13.6 Å². The van der Waals surface area contributed by atoms with Crippen LogP contribution in [0.1, 0.15) is 23.1 Å². The fourth-order valence-corrected chi connectivity index (χ4v) is 2.17. The Bertz CT molecular complexity index is 469. The van der Waals surface area contributed by atoms with E-state index in [1.807, 2.05) is 6.07 Å². The Kier molecular flexibility index (Phi) is 5.11. The molecular formula is C12H20N2O2S. The highest BCUT2D eigenvalue weighted by Gasteiger charge is 2.02. The number of rotatable bonds is 6. The lowest BCUT2D eigenvalue weighted by Crippen LogP contribution is -2.22. The molecule has 0 radical (unpaired) electrons. The van der Waals surface area contributed by atoms with Gasteiger partial charge in [0.15, 0.2) is 0 Å². The molecule has 4 nitrogen and oxygen atoms in total. The molecule has 0 atom stereocenters. The molecule has 0 saturated carbocycles. The highest BCUT2D eigenvalue weighted by molar-refractivity contribution is 7.89. The van der Waals surface area contributed by atoms with Crippen LogP contribution in [-0.4, -0.2) is 20.7 Å². The molecule has 0 heterocycles. The van der Waals surface area contributed by atoms with Crippen LogP contribution in [0.25, 0.3) is 0 Å². The fraction of sp³-hybridized carbons (Fsp3) is 0.500.